The second kappa shape index (κ2) is 3.79. The van der Waals surface area contributed by atoms with Crippen LogP contribution in [0.15, 0.2) is 0 Å². The average molecular weight is 123 g/mol. The third kappa shape index (κ3) is 274. The van der Waals surface area contributed by atoms with Crippen LogP contribution in [0.5, 0.6) is 0 Å². The van der Waals surface area contributed by atoms with Crippen LogP contribution in [0, 0.1) is 5.41 Å². The number of nitrogens with one attached hydrogen (secondary N) is 1. The number of guanidine groups is 1. The average Bonchev–Trinajstić information content (AvgIpc) is 0.811. The van der Waals surface area contributed by atoms with Crippen molar-refractivity contribution in [3.8, 4) is 0 Å². The summed E-state index contributed by atoms with van der Waals surface area (Å²) in [6.07, 6.45) is 0. The summed E-state index contributed by atoms with van der Waals surface area (Å²) in [5.74, 6) is -0.333. The van der Waals surface area contributed by atoms with Crippen molar-refractivity contribution in [3.05, 3.63) is 0 Å². The smallest absolute Gasteiger partial charge is 0.183 e. The van der Waals surface area contributed by atoms with Gasteiger partial charge >= 0.3 is 0 Å². The molecule has 0 aliphatic rings. The molecule has 0 aromatic carbocycles. The molecule has 1 radical (unpaired) electrons. The first-order valence-corrected chi connectivity index (χ1v) is 0.827. The molecule has 0 fully saturated rings. The van der Waals surface area contributed by atoms with E-state index in [1.165, 1.54) is 0 Å². The minimum Gasteiger partial charge on any atom is -0.370 e. The first-order chi connectivity index (χ1) is 1.73. The second-order valence-corrected chi connectivity index (χ2v) is 0.455. The van der Waals surface area contributed by atoms with Crippen LogP contribution < -0.4 is 11.5 Å². The standard InChI is InChI=1S/CH5N3.Cu/c2-1(3)4;/h(H5,2,3,4);. The zero-order valence-corrected chi connectivity index (χ0v) is 3.40. The van der Waals surface area contributed by atoms with E-state index in [9.17, 15) is 0 Å². The fourth-order valence-corrected chi connectivity index (χ4v) is 0. The van der Waals surface area contributed by atoms with E-state index < -0.39 is 0 Å². The van der Waals surface area contributed by atoms with E-state index in [-0.39, 0.29) is 23.0 Å². The summed E-state index contributed by atoms with van der Waals surface area (Å²) < 4.78 is 0. The van der Waals surface area contributed by atoms with Gasteiger partial charge in [0.15, 0.2) is 5.96 Å². The maximum absolute atomic E-state index is 6.06. The summed E-state index contributed by atoms with van der Waals surface area (Å²) in [5.41, 5.74) is 8.94. The fraction of sp³-hybridized carbons (Fsp3) is 0. The van der Waals surface area contributed by atoms with Gasteiger partial charge in [0.1, 0.15) is 0 Å². The van der Waals surface area contributed by atoms with E-state index in [4.69, 9.17) is 5.41 Å². The first kappa shape index (κ1) is 8.84. The SMILES string of the molecule is N=C(N)N.[Cu]. The molecule has 0 atom stereocenters. The van der Waals surface area contributed by atoms with Crippen LogP contribution in [0.4, 0.5) is 0 Å². The Morgan fingerprint density at radius 1 is 1.40 bits per heavy atom. The fourth-order valence-electron chi connectivity index (χ4n) is 0. The van der Waals surface area contributed by atoms with Gasteiger partial charge in [-0.25, -0.2) is 0 Å². The third-order valence-electron chi connectivity index (χ3n) is 0. The molecule has 0 aliphatic carbocycles. The van der Waals surface area contributed by atoms with E-state index in [2.05, 4.69) is 11.5 Å². The molecule has 0 spiro atoms. The van der Waals surface area contributed by atoms with E-state index in [1.807, 2.05) is 0 Å². The molecule has 4 heteroatoms. The van der Waals surface area contributed by atoms with Gasteiger partial charge in [-0.05, 0) is 0 Å². The minimum absolute atomic E-state index is 0. The molecule has 0 heterocycles. The van der Waals surface area contributed by atoms with Crippen molar-refractivity contribution in [1.82, 2.24) is 0 Å². The van der Waals surface area contributed by atoms with Crippen LogP contribution in [-0.4, -0.2) is 5.96 Å². The molecule has 0 unspecified atom stereocenters. The van der Waals surface area contributed by atoms with Crippen molar-refractivity contribution < 1.29 is 17.1 Å². The summed E-state index contributed by atoms with van der Waals surface area (Å²) in [6.45, 7) is 0. The summed E-state index contributed by atoms with van der Waals surface area (Å²) in [4.78, 5) is 0. The predicted molar refractivity (Wildman–Crippen MR) is 16.1 cm³/mol. The summed E-state index contributed by atoms with van der Waals surface area (Å²) in [5, 5.41) is 6.06. The minimum atomic E-state index is -0.333. The normalized spacial score (nSPS) is 4.80. The molecule has 0 aromatic rings. The van der Waals surface area contributed by atoms with Crippen LogP contribution in [0.3, 0.4) is 0 Å². The first-order valence-electron chi connectivity index (χ1n) is 0.827. The predicted octanol–water partition coefficient (Wildman–Crippen LogP) is -1.16. The molecular formula is CH5CuN3. The van der Waals surface area contributed by atoms with Gasteiger partial charge in [-0.15, -0.1) is 0 Å². The Morgan fingerprint density at radius 3 is 1.40 bits per heavy atom. The topological polar surface area (TPSA) is 75.9 Å². The van der Waals surface area contributed by atoms with Crippen LogP contribution in [-0.2, 0) is 17.1 Å². The van der Waals surface area contributed by atoms with Crippen molar-refractivity contribution in [2.24, 2.45) is 11.5 Å². The van der Waals surface area contributed by atoms with E-state index in [0.717, 1.165) is 0 Å². The van der Waals surface area contributed by atoms with Crippen LogP contribution >= 0.6 is 0 Å². The third-order valence-corrected chi connectivity index (χ3v) is 0. The summed E-state index contributed by atoms with van der Waals surface area (Å²) in [6, 6.07) is 0. The van der Waals surface area contributed by atoms with Gasteiger partial charge in [0, 0.05) is 17.1 Å². The van der Waals surface area contributed by atoms with Crippen molar-refractivity contribution in [1.29, 1.82) is 5.41 Å². The zero-order valence-electron chi connectivity index (χ0n) is 2.46. The molecule has 0 rings (SSSR count). The molecule has 35 valence electrons. The molecule has 5 heavy (non-hydrogen) atoms. The Morgan fingerprint density at radius 2 is 1.40 bits per heavy atom. The number of nitrogens with two attached hydrogens (primary N) is 2. The van der Waals surface area contributed by atoms with Crippen molar-refractivity contribution in [3.63, 3.8) is 0 Å². The Labute approximate surface area is 40.7 Å². The van der Waals surface area contributed by atoms with E-state index in [0.29, 0.717) is 0 Å². The zero-order chi connectivity index (χ0) is 3.58. The number of hydrogen-bond acceptors (Lipinski definition) is 1. The molecular weight excluding hydrogens is 118 g/mol. The van der Waals surface area contributed by atoms with Crippen molar-refractivity contribution in [2.75, 3.05) is 0 Å². The van der Waals surface area contributed by atoms with Crippen LogP contribution in [0.1, 0.15) is 0 Å². The molecule has 0 aliphatic heterocycles. The van der Waals surface area contributed by atoms with Gasteiger partial charge in [-0.2, -0.15) is 0 Å². The summed E-state index contributed by atoms with van der Waals surface area (Å²) in [7, 11) is 0. The monoisotopic (exact) mass is 122 g/mol. The molecule has 0 saturated heterocycles. The van der Waals surface area contributed by atoms with Crippen LogP contribution in [0.25, 0.3) is 0 Å². The molecule has 0 saturated carbocycles. The van der Waals surface area contributed by atoms with Gasteiger partial charge in [0.05, 0.1) is 0 Å². The van der Waals surface area contributed by atoms with Gasteiger partial charge in [0.25, 0.3) is 0 Å². The van der Waals surface area contributed by atoms with Gasteiger partial charge in [-0.3, -0.25) is 5.41 Å². The van der Waals surface area contributed by atoms with Gasteiger partial charge in [-0.1, -0.05) is 0 Å². The Kier molecular flexibility index (Phi) is 6.70. The van der Waals surface area contributed by atoms with Gasteiger partial charge in [0.2, 0.25) is 0 Å². The Hall–Kier alpha value is -0.211. The Bertz CT molecular complexity index is 29.9. The van der Waals surface area contributed by atoms with Crippen molar-refractivity contribution >= 4 is 5.96 Å². The quantitative estimate of drug-likeness (QED) is 0.215. The van der Waals surface area contributed by atoms with Gasteiger partial charge < -0.3 is 11.5 Å². The molecule has 0 aromatic heterocycles. The maximum Gasteiger partial charge on any atom is 0.183 e. The molecule has 5 N–H and O–H groups in total. The molecule has 0 amide bonds. The Balaban J connectivity index is 0. The number of rotatable bonds is 0. The van der Waals surface area contributed by atoms with Crippen LogP contribution in [0.2, 0.25) is 0 Å². The van der Waals surface area contributed by atoms with E-state index in [1.54, 1.807) is 0 Å². The second-order valence-electron chi connectivity index (χ2n) is 0.455. The molecule has 3 nitrogen and oxygen atoms in total. The van der Waals surface area contributed by atoms with E-state index >= 15 is 0 Å². The largest absolute Gasteiger partial charge is 0.370 e. The van der Waals surface area contributed by atoms with Crippen molar-refractivity contribution in [2.45, 2.75) is 0 Å². The summed E-state index contributed by atoms with van der Waals surface area (Å²) >= 11 is 0. The molecule has 0 bridgehead atoms. The maximum atomic E-state index is 6.06. The number of hydrogen-bond donors (Lipinski definition) is 3.